The Hall–Kier alpha value is -2.15. The first-order valence-corrected chi connectivity index (χ1v) is 8.70. The van der Waals surface area contributed by atoms with Gasteiger partial charge in [-0.3, -0.25) is 4.79 Å². The predicted octanol–water partition coefficient (Wildman–Crippen LogP) is 5.12. The van der Waals surface area contributed by atoms with Gasteiger partial charge in [0.2, 0.25) is 0 Å². The number of halogens is 1. The fourth-order valence-corrected chi connectivity index (χ4v) is 3.07. The molecule has 0 unspecified atom stereocenters. The maximum Gasteiger partial charge on any atom is 0.314 e. The van der Waals surface area contributed by atoms with Gasteiger partial charge in [0.1, 0.15) is 11.8 Å². The number of ether oxygens (including phenoxy) is 1. The van der Waals surface area contributed by atoms with Gasteiger partial charge in [-0.1, -0.05) is 25.5 Å². The molecule has 0 amide bonds. The number of allylic oxidation sites excluding steroid dienone is 2. The Kier molecular flexibility index (Phi) is 6.99. The van der Waals surface area contributed by atoms with E-state index in [0.717, 1.165) is 19.3 Å². The molecule has 0 bridgehead atoms. The van der Waals surface area contributed by atoms with Gasteiger partial charge >= 0.3 is 5.97 Å². The molecule has 1 aliphatic carbocycles. The second-order valence-corrected chi connectivity index (χ2v) is 6.41. The summed E-state index contributed by atoms with van der Waals surface area (Å²) >= 11 is 0. The van der Waals surface area contributed by atoms with Crippen molar-refractivity contribution in [1.29, 1.82) is 5.26 Å². The van der Waals surface area contributed by atoms with E-state index >= 15 is 0 Å². The van der Waals surface area contributed by atoms with E-state index < -0.39 is 5.83 Å². The molecule has 24 heavy (non-hydrogen) atoms. The Morgan fingerprint density at radius 3 is 2.54 bits per heavy atom. The lowest BCUT2D eigenvalue weighted by molar-refractivity contribution is -0.140. The molecule has 1 saturated carbocycles. The van der Waals surface area contributed by atoms with Gasteiger partial charge in [-0.25, -0.2) is 0 Å². The van der Waals surface area contributed by atoms with Crippen LogP contribution in [-0.2, 0) is 11.2 Å². The largest absolute Gasteiger partial charge is 0.426 e. The molecule has 0 heterocycles. The number of unbranched alkanes of at least 4 members (excludes halogenated alkanes) is 1. The topological polar surface area (TPSA) is 50.1 Å². The van der Waals surface area contributed by atoms with Gasteiger partial charge in [0.05, 0.1) is 5.92 Å². The Morgan fingerprint density at radius 1 is 1.29 bits per heavy atom. The van der Waals surface area contributed by atoms with Gasteiger partial charge in [-0.15, -0.1) is 0 Å². The first-order valence-electron chi connectivity index (χ1n) is 8.70. The average molecular weight is 329 g/mol. The van der Waals surface area contributed by atoms with Crippen molar-refractivity contribution in [1.82, 2.24) is 0 Å². The zero-order valence-electron chi connectivity index (χ0n) is 14.1. The summed E-state index contributed by atoms with van der Waals surface area (Å²) in [7, 11) is 0. The lowest BCUT2D eigenvalue weighted by Gasteiger charge is -2.25. The molecule has 1 aliphatic rings. The van der Waals surface area contributed by atoms with Crippen LogP contribution in [0.4, 0.5) is 4.39 Å². The third-order valence-corrected chi connectivity index (χ3v) is 4.55. The van der Waals surface area contributed by atoms with Gasteiger partial charge in [-0.2, -0.15) is 9.65 Å². The summed E-state index contributed by atoms with van der Waals surface area (Å²) in [5.41, 5.74) is 1.25. The molecule has 0 radical (unpaired) electrons. The summed E-state index contributed by atoms with van der Waals surface area (Å²) in [6.45, 7) is 2.16. The Labute approximate surface area is 143 Å². The Balaban J connectivity index is 1.82. The molecule has 128 valence electrons. The standard InChI is InChI=1S/C20H24FNO2/c1-2-3-4-15-7-11-19(12-8-15)24-20(23)17-9-5-16(6-10-17)13-18(21)14-22/h7-8,11-13,16-17H,2-6,9-10H2,1H3/t16-,17-. The summed E-state index contributed by atoms with van der Waals surface area (Å²) in [4.78, 5) is 12.2. The molecule has 0 aromatic heterocycles. The van der Waals surface area contributed by atoms with E-state index in [1.165, 1.54) is 17.7 Å². The fraction of sp³-hybridized carbons (Fsp3) is 0.500. The highest BCUT2D eigenvalue weighted by molar-refractivity contribution is 5.75. The van der Waals surface area contributed by atoms with E-state index in [4.69, 9.17) is 10.00 Å². The number of esters is 1. The minimum atomic E-state index is -0.732. The van der Waals surface area contributed by atoms with Crippen molar-refractivity contribution in [2.45, 2.75) is 51.9 Å². The summed E-state index contributed by atoms with van der Waals surface area (Å²) in [6.07, 6.45) is 7.50. The highest BCUT2D eigenvalue weighted by Gasteiger charge is 2.27. The van der Waals surface area contributed by atoms with Crippen molar-refractivity contribution in [3.63, 3.8) is 0 Å². The van der Waals surface area contributed by atoms with E-state index in [1.807, 2.05) is 24.3 Å². The Morgan fingerprint density at radius 2 is 1.96 bits per heavy atom. The van der Waals surface area contributed by atoms with E-state index in [0.29, 0.717) is 31.4 Å². The van der Waals surface area contributed by atoms with Crippen molar-refractivity contribution < 1.29 is 13.9 Å². The Bertz CT molecular complexity index is 608. The second-order valence-electron chi connectivity index (χ2n) is 6.41. The van der Waals surface area contributed by atoms with Crippen LogP contribution in [-0.4, -0.2) is 5.97 Å². The number of nitriles is 1. The van der Waals surface area contributed by atoms with Crippen molar-refractivity contribution >= 4 is 5.97 Å². The minimum Gasteiger partial charge on any atom is -0.426 e. The van der Waals surface area contributed by atoms with Crippen molar-refractivity contribution in [2.75, 3.05) is 0 Å². The summed E-state index contributed by atoms with van der Waals surface area (Å²) < 4.78 is 18.4. The summed E-state index contributed by atoms with van der Waals surface area (Å²) in [6, 6.07) is 9.20. The number of carbonyl (C=O) groups is 1. The number of hydrogen-bond acceptors (Lipinski definition) is 3. The van der Waals surface area contributed by atoms with Gasteiger partial charge in [0, 0.05) is 0 Å². The normalized spacial score (nSPS) is 21.1. The molecule has 0 N–H and O–H groups in total. The quantitative estimate of drug-likeness (QED) is 0.413. The van der Waals surface area contributed by atoms with Crippen LogP contribution >= 0.6 is 0 Å². The van der Waals surface area contributed by atoms with Crippen LogP contribution in [0.25, 0.3) is 0 Å². The van der Waals surface area contributed by atoms with E-state index in [9.17, 15) is 9.18 Å². The van der Waals surface area contributed by atoms with Crippen LogP contribution < -0.4 is 4.74 Å². The van der Waals surface area contributed by atoms with Gasteiger partial charge in [0.15, 0.2) is 5.83 Å². The van der Waals surface area contributed by atoms with Crippen LogP contribution in [0.15, 0.2) is 36.2 Å². The van der Waals surface area contributed by atoms with Crippen LogP contribution in [0.2, 0.25) is 0 Å². The SMILES string of the molecule is CCCCc1ccc(OC(=O)[C@H]2CC[C@H](C=C(F)C#N)CC2)cc1. The molecule has 0 saturated heterocycles. The molecule has 1 aromatic rings. The average Bonchev–Trinajstić information content (AvgIpc) is 2.61. The number of hydrogen-bond donors (Lipinski definition) is 0. The van der Waals surface area contributed by atoms with Crippen LogP contribution in [0.5, 0.6) is 5.75 Å². The van der Waals surface area contributed by atoms with Crippen LogP contribution in [0.3, 0.4) is 0 Å². The molecule has 2 rings (SSSR count). The van der Waals surface area contributed by atoms with E-state index in [1.54, 1.807) is 0 Å². The fourth-order valence-electron chi connectivity index (χ4n) is 3.07. The van der Waals surface area contributed by atoms with E-state index in [-0.39, 0.29) is 17.8 Å². The van der Waals surface area contributed by atoms with Crippen LogP contribution in [0, 0.1) is 23.2 Å². The molecule has 1 fully saturated rings. The van der Waals surface area contributed by atoms with E-state index in [2.05, 4.69) is 6.92 Å². The minimum absolute atomic E-state index is 0.0477. The van der Waals surface area contributed by atoms with Crippen molar-refractivity contribution in [2.24, 2.45) is 11.8 Å². The molecule has 4 heteroatoms. The van der Waals surface area contributed by atoms with Crippen molar-refractivity contribution in [3.8, 4) is 11.8 Å². The number of carbonyl (C=O) groups excluding carboxylic acids is 1. The molecule has 0 aliphatic heterocycles. The zero-order chi connectivity index (χ0) is 17.4. The van der Waals surface area contributed by atoms with Gasteiger partial charge in [-0.05, 0) is 68.2 Å². The number of rotatable bonds is 6. The maximum atomic E-state index is 13.0. The first kappa shape index (κ1) is 18.2. The second kappa shape index (κ2) is 9.22. The predicted molar refractivity (Wildman–Crippen MR) is 90.9 cm³/mol. The first-order chi connectivity index (χ1) is 11.6. The monoisotopic (exact) mass is 329 g/mol. The number of nitrogens with zero attached hydrogens (tertiary/aromatic N) is 1. The third-order valence-electron chi connectivity index (χ3n) is 4.55. The summed E-state index contributed by atoms with van der Waals surface area (Å²) in [5.74, 6) is -0.451. The number of benzene rings is 1. The molecular weight excluding hydrogens is 305 g/mol. The van der Waals surface area contributed by atoms with Gasteiger partial charge in [0.25, 0.3) is 0 Å². The number of aryl methyl sites for hydroxylation is 1. The molecule has 3 nitrogen and oxygen atoms in total. The lowest BCUT2D eigenvalue weighted by atomic mass is 9.82. The third kappa shape index (κ3) is 5.49. The maximum absolute atomic E-state index is 13.0. The van der Waals surface area contributed by atoms with Crippen molar-refractivity contribution in [3.05, 3.63) is 41.7 Å². The van der Waals surface area contributed by atoms with Gasteiger partial charge < -0.3 is 4.74 Å². The lowest BCUT2D eigenvalue weighted by Crippen LogP contribution is -2.25. The highest BCUT2D eigenvalue weighted by atomic mass is 19.1. The van der Waals surface area contributed by atoms with Crippen LogP contribution in [0.1, 0.15) is 51.0 Å². The molecule has 0 atom stereocenters. The highest BCUT2D eigenvalue weighted by Crippen LogP contribution is 2.31. The molecule has 0 spiro atoms. The zero-order valence-corrected chi connectivity index (χ0v) is 14.1. The summed E-state index contributed by atoms with van der Waals surface area (Å²) in [5, 5.41) is 8.47. The molecular formula is C20H24FNO2. The smallest absolute Gasteiger partial charge is 0.314 e. The molecule has 1 aromatic carbocycles.